The van der Waals surface area contributed by atoms with Crippen molar-refractivity contribution < 1.29 is 4.21 Å². The molecular weight excluding hydrogens is 242 g/mol. The van der Waals surface area contributed by atoms with Crippen molar-refractivity contribution in [2.24, 2.45) is 5.73 Å². The molecule has 0 aromatic heterocycles. The lowest BCUT2D eigenvalue weighted by atomic mass is 10.1. The first-order valence-corrected chi connectivity index (χ1v) is 8.24. The molecule has 0 aliphatic heterocycles. The van der Waals surface area contributed by atoms with Gasteiger partial charge in [0.05, 0.1) is 10.8 Å². The molecule has 0 bridgehead atoms. The zero-order chi connectivity index (χ0) is 13.0. The third kappa shape index (κ3) is 3.66. The van der Waals surface area contributed by atoms with Gasteiger partial charge in [-0.05, 0) is 62.3 Å². The molecule has 2 N–H and O–H groups in total. The van der Waals surface area contributed by atoms with Crippen LogP contribution in [0.3, 0.4) is 0 Å². The summed E-state index contributed by atoms with van der Waals surface area (Å²) in [7, 11) is -0.831. The molecular formula is C15H23NOS. The van der Waals surface area contributed by atoms with Gasteiger partial charge in [0, 0.05) is 16.7 Å². The first kappa shape index (κ1) is 13.8. The van der Waals surface area contributed by atoms with Crippen LogP contribution in [0.25, 0.3) is 0 Å². The molecule has 0 saturated heterocycles. The summed E-state index contributed by atoms with van der Waals surface area (Å²) in [6, 6.07) is 6.63. The lowest BCUT2D eigenvalue weighted by Crippen LogP contribution is -2.14. The van der Waals surface area contributed by atoms with Crippen molar-refractivity contribution in [3.05, 3.63) is 29.3 Å². The zero-order valence-corrected chi connectivity index (χ0v) is 12.0. The maximum absolute atomic E-state index is 12.2. The first-order chi connectivity index (χ1) is 8.66. The van der Waals surface area contributed by atoms with Crippen LogP contribution in [-0.4, -0.2) is 16.0 Å². The SMILES string of the molecule is CC(N)CCCCS(=O)c1ccc2c(c1)CCC2. The van der Waals surface area contributed by atoms with E-state index >= 15 is 0 Å². The number of unbranched alkanes of at least 4 members (excludes halogenated alkanes) is 1. The Morgan fingerprint density at radius 1 is 1.28 bits per heavy atom. The number of benzene rings is 1. The summed E-state index contributed by atoms with van der Waals surface area (Å²) in [5.74, 6) is 0.769. The third-order valence-corrected chi connectivity index (χ3v) is 5.01. The van der Waals surface area contributed by atoms with Crippen molar-refractivity contribution in [2.75, 3.05) is 5.75 Å². The lowest BCUT2D eigenvalue weighted by molar-refractivity contribution is 0.613. The van der Waals surface area contributed by atoms with E-state index in [1.54, 1.807) is 0 Å². The Labute approximate surface area is 112 Å². The average Bonchev–Trinajstić information content (AvgIpc) is 2.81. The van der Waals surface area contributed by atoms with E-state index in [0.717, 1.165) is 36.3 Å². The molecule has 100 valence electrons. The van der Waals surface area contributed by atoms with E-state index in [4.69, 9.17) is 5.73 Å². The highest BCUT2D eigenvalue weighted by Gasteiger charge is 2.13. The van der Waals surface area contributed by atoms with Crippen LogP contribution < -0.4 is 5.73 Å². The van der Waals surface area contributed by atoms with Gasteiger partial charge in [-0.25, -0.2) is 0 Å². The number of hydrogen-bond acceptors (Lipinski definition) is 2. The Hall–Kier alpha value is -0.670. The van der Waals surface area contributed by atoms with E-state index < -0.39 is 10.8 Å². The Kier molecular flexibility index (Phi) is 4.95. The maximum atomic E-state index is 12.2. The van der Waals surface area contributed by atoms with Crippen LogP contribution in [-0.2, 0) is 23.6 Å². The molecule has 1 aliphatic carbocycles. The van der Waals surface area contributed by atoms with Crippen molar-refractivity contribution in [3.8, 4) is 0 Å². The fraction of sp³-hybridized carbons (Fsp3) is 0.600. The summed E-state index contributed by atoms with van der Waals surface area (Å²) in [4.78, 5) is 1.01. The fourth-order valence-electron chi connectivity index (χ4n) is 2.51. The molecule has 0 spiro atoms. The van der Waals surface area contributed by atoms with Gasteiger partial charge in [-0.15, -0.1) is 0 Å². The highest BCUT2D eigenvalue weighted by atomic mass is 32.2. The van der Waals surface area contributed by atoms with Crippen molar-refractivity contribution in [1.82, 2.24) is 0 Å². The highest BCUT2D eigenvalue weighted by molar-refractivity contribution is 7.85. The van der Waals surface area contributed by atoms with E-state index in [1.807, 2.05) is 13.0 Å². The minimum Gasteiger partial charge on any atom is -0.328 e. The van der Waals surface area contributed by atoms with E-state index in [1.165, 1.54) is 24.0 Å². The van der Waals surface area contributed by atoms with Crippen LogP contribution in [0.1, 0.15) is 43.7 Å². The van der Waals surface area contributed by atoms with Crippen LogP contribution in [0.4, 0.5) is 0 Å². The molecule has 0 saturated carbocycles. The monoisotopic (exact) mass is 265 g/mol. The average molecular weight is 265 g/mol. The number of fused-ring (bicyclic) bond motifs is 1. The maximum Gasteiger partial charge on any atom is 0.0529 e. The first-order valence-electron chi connectivity index (χ1n) is 6.92. The zero-order valence-electron chi connectivity index (χ0n) is 11.2. The fourth-order valence-corrected chi connectivity index (χ4v) is 3.70. The molecule has 0 heterocycles. The molecule has 1 aromatic carbocycles. The van der Waals surface area contributed by atoms with Crippen LogP contribution in [0.2, 0.25) is 0 Å². The van der Waals surface area contributed by atoms with E-state index in [9.17, 15) is 4.21 Å². The van der Waals surface area contributed by atoms with Gasteiger partial charge in [-0.1, -0.05) is 12.5 Å². The normalized spacial score (nSPS) is 17.4. The summed E-state index contributed by atoms with van der Waals surface area (Å²) in [5.41, 5.74) is 8.57. The number of hydrogen-bond donors (Lipinski definition) is 1. The van der Waals surface area contributed by atoms with E-state index in [0.29, 0.717) is 0 Å². The predicted molar refractivity (Wildman–Crippen MR) is 77.2 cm³/mol. The van der Waals surface area contributed by atoms with Crippen LogP contribution in [0, 0.1) is 0 Å². The van der Waals surface area contributed by atoms with E-state index in [2.05, 4.69) is 12.1 Å². The minimum absolute atomic E-state index is 0.262. The van der Waals surface area contributed by atoms with Gasteiger partial charge in [0.25, 0.3) is 0 Å². The molecule has 2 unspecified atom stereocenters. The largest absolute Gasteiger partial charge is 0.328 e. The molecule has 3 heteroatoms. The van der Waals surface area contributed by atoms with Crippen molar-refractivity contribution in [1.29, 1.82) is 0 Å². The summed E-state index contributed by atoms with van der Waals surface area (Å²) in [5, 5.41) is 0. The second kappa shape index (κ2) is 6.48. The molecule has 18 heavy (non-hydrogen) atoms. The molecule has 2 rings (SSSR count). The number of rotatable bonds is 6. The minimum atomic E-state index is -0.831. The van der Waals surface area contributed by atoms with Gasteiger partial charge in [0.1, 0.15) is 0 Å². The highest BCUT2D eigenvalue weighted by Crippen LogP contribution is 2.24. The molecule has 2 nitrogen and oxygen atoms in total. The third-order valence-electron chi connectivity index (χ3n) is 3.57. The molecule has 0 radical (unpaired) electrons. The topological polar surface area (TPSA) is 43.1 Å². The summed E-state index contributed by atoms with van der Waals surface area (Å²) >= 11 is 0. The molecule has 0 fully saturated rings. The predicted octanol–water partition coefficient (Wildman–Crippen LogP) is 2.80. The Bertz CT molecular complexity index is 429. The quantitative estimate of drug-likeness (QED) is 0.804. The van der Waals surface area contributed by atoms with Crippen molar-refractivity contribution in [2.45, 2.75) is 56.4 Å². The van der Waals surface area contributed by atoms with Gasteiger partial charge in [-0.3, -0.25) is 4.21 Å². The summed E-state index contributed by atoms with van der Waals surface area (Å²) in [6.45, 7) is 2.03. The molecule has 0 amide bonds. The van der Waals surface area contributed by atoms with Crippen molar-refractivity contribution >= 4 is 10.8 Å². The smallest absolute Gasteiger partial charge is 0.0529 e. The summed E-state index contributed by atoms with van der Waals surface area (Å²) in [6.07, 6.45) is 6.71. The van der Waals surface area contributed by atoms with Crippen LogP contribution >= 0.6 is 0 Å². The van der Waals surface area contributed by atoms with Gasteiger partial charge in [0.15, 0.2) is 0 Å². The number of aryl methyl sites for hydroxylation is 2. The second-order valence-electron chi connectivity index (χ2n) is 5.31. The van der Waals surface area contributed by atoms with Gasteiger partial charge < -0.3 is 5.73 Å². The van der Waals surface area contributed by atoms with Crippen molar-refractivity contribution in [3.63, 3.8) is 0 Å². The Morgan fingerprint density at radius 2 is 2.06 bits per heavy atom. The Balaban J connectivity index is 1.85. The van der Waals surface area contributed by atoms with Crippen LogP contribution in [0.15, 0.2) is 23.1 Å². The van der Waals surface area contributed by atoms with Gasteiger partial charge in [0.2, 0.25) is 0 Å². The molecule has 2 atom stereocenters. The standard InChI is InChI=1S/C15H23NOS/c1-12(16)5-2-3-10-18(17)15-9-8-13-6-4-7-14(13)11-15/h8-9,11-12H,2-7,10,16H2,1H3. The second-order valence-corrected chi connectivity index (χ2v) is 6.88. The molecule has 1 aromatic rings. The lowest BCUT2D eigenvalue weighted by Gasteiger charge is -2.06. The summed E-state index contributed by atoms with van der Waals surface area (Å²) < 4.78 is 12.2. The van der Waals surface area contributed by atoms with E-state index in [-0.39, 0.29) is 6.04 Å². The Morgan fingerprint density at radius 3 is 2.83 bits per heavy atom. The molecule has 1 aliphatic rings. The van der Waals surface area contributed by atoms with Crippen LogP contribution in [0.5, 0.6) is 0 Å². The van der Waals surface area contributed by atoms with Gasteiger partial charge >= 0.3 is 0 Å². The van der Waals surface area contributed by atoms with Gasteiger partial charge in [-0.2, -0.15) is 0 Å². The number of nitrogens with two attached hydrogens (primary N) is 1.